The highest BCUT2D eigenvalue weighted by molar-refractivity contribution is 5.75. The zero-order chi connectivity index (χ0) is 11.7. The first-order chi connectivity index (χ1) is 7.27. The molecule has 80 valence electrons. The van der Waals surface area contributed by atoms with E-state index in [1.54, 1.807) is 12.1 Å². The fraction of sp³-hybridized carbons (Fsp3) is 0.182. The highest BCUT2D eigenvalue weighted by Crippen LogP contribution is 2.23. The van der Waals surface area contributed by atoms with Crippen molar-refractivity contribution in [1.29, 1.82) is 0 Å². The molecule has 1 aromatic rings. The van der Waals surface area contributed by atoms with Crippen LogP contribution in [-0.4, -0.2) is 18.1 Å². The molecule has 0 aliphatic rings. The zero-order valence-corrected chi connectivity index (χ0v) is 8.31. The molecule has 0 atom stereocenters. The lowest BCUT2D eigenvalue weighted by atomic mass is 10.1. The van der Waals surface area contributed by atoms with Crippen LogP contribution in [0.1, 0.15) is 5.56 Å². The molecule has 0 heterocycles. The van der Waals surface area contributed by atoms with Crippen molar-refractivity contribution < 1.29 is 9.90 Å². The molecule has 0 saturated heterocycles. The minimum Gasteiger partial charge on any atom is -0.506 e. The maximum Gasteiger partial charge on any atom is 0.211 e. The Morgan fingerprint density at radius 2 is 2.13 bits per heavy atom. The first-order valence-electron chi connectivity index (χ1n) is 4.33. The fourth-order valence-electron chi connectivity index (χ4n) is 1.08. The number of aromatic hydroxyl groups is 1. The SMILES string of the molecule is C#C.NCCc1ccc(O)c(NC=O)c1. The van der Waals surface area contributed by atoms with E-state index in [4.69, 9.17) is 5.73 Å². The second kappa shape index (κ2) is 7.42. The van der Waals surface area contributed by atoms with Crippen molar-refractivity contribution in [2.24, 2.45) is 5.73 Å². The van der Waals surface area contributed by atoms with E-state index < -0.39 is 0 Å². The van der Waals surface area contributed by atoms with Crippen molar-refractivity contribution >= 4 is 12.1 Å². The summed E-state index contributed by atoms with van der Waals surface area (Å²) in [7, 11) is 0. The van der Waals surface area contributed by atoms with Gasteiger partial charge in [0, 0.05) is 0 Å². The van der Waals surface area contributed by atoms with E-state index in [-0.39, 0.29) is 5.75 Å². The standard InChI is InChI=1S/C9H12N2O2.C2H2/c10-4-3-7-1-2-9(13)8(5-7)11-6-12;1-2/h1-2,5-6,13H,3-4,10H2,(H,11,12);1-2H. The molecule has 0 bridgehead atoms. The number of nitrogens with two attached hydrogens (primary N) is 1. The Morgan fingerprint density at radius 1 is 1.47 bits per heavy atom. The van der Waals surface area contributed by atoms with E-state index >= 15 is 0 Å². The molecule has 4 heteroatoms. The van der Waals surface area contributed by atoms with Crippen LogP contribution in [0.2, 0.25) is 0 Å². The lowest BCUT2D eigenvalue weighted by Crippen LogP contribution is -2.03. The number of carbonyl (C=O) groups is 1. The van der Waals surface area contributed by atoms with Crippen LogP contribution in [0.5, 0.6) is 5.75 Å². The van der Waals surface area contributed by atoms with Gasteiger partial charge in [-0.1, -0.05) is 6.07 Å². The van der Waals surface area contributed by atoms with Crippen molar-refractivity contribution in [3.63, 3.8) is 0 Å². The molecule has 1 aromatic carbocycles. The normalized spacial score (nSPS) is 8.47. The number of amides is 1. The van der Waals surface area contributed by atoms with Crippen molar-refractivity contribution in [2.45, 2.75) is 6.42 Å². The lowest BCUT2D eigenvalue weighted by molar-refractivity contribution is -0.105. The maximum absolute atomic E-state index is 10.1. The predicted molar refractivity (Wildman–Crippen MR) is 60.4 cm³/mol. The topological polar surface area (TPSA) is 75.3 Å². The molecule has 0 aliphatic heterocycles. The molecule has 0 spiro atoms. The van der Waals surface area contributed by atoms with Crippen LogP contribution >= 0.6 is 0 Å². The van der Waals surface area contributed by atoms with Crippen LogP contribution < -0.4 is 11.1 Å². The number of terminal acetylenes is 1. The first-order valence-corrected chi connectivity index (χ1v) is 4.33. The number of nitrogens with one attached hydrogen (secondary N) is 1. The second-order valence-electron chi connectivity index (χ2n) is 2.65. The van der Waals surface area contributed by atoms with Gasteiger partial charge in [0.2, 0.25) is 6.41 Å². The molecule has 0 saturated carbocycles. The van der Waals surface area contributed by atoms with Gasteiger partial charge in [0.25, 0.3) is 0 Å². The quantitative estimate of drug-likeness (QED) is 0.386. The second-order valence-corrected chi connectivity index (χ2v) is 2.65. The van der Waals surface area contributed by atoms with Gasteiger partial charge >= 0.3 is 0 Å². The van der Waals surface area contributed by atoms with Gasteiger partial charge in [-0.15, -0.1) is 12.8 Å². The number of rotatable bonds is 4. The highest BCUT2D eigenvalue weighted by atomic mass is 16.3. The zero-order valence-electron chi connectivity index (χ0n) is 8.31. The average Bonchev–Trinajstić information content (AvgIpc) is 2.27. The summed E-state index contributed by atoms with van der Waals surface area (Å²) in [5.74, 6) is 0.0628. The number of carbonyl (C=O) groups excluding carboxylic acids is 1. The van der Waals surface area contributed by atoms with E-state index in [1.807, 2.05) is 0 Å². The van der Waals surface area contributed by atoms with E-state index in [0.717, 1.165) is 12.0 Å². The van der Waals surface area contributed by atoms with E-state index in [1.165, 1.54) is 6.07 Å². The number of anilines is 1. The van der Waals surface area contributed by atoms with Crippen LogP contribution in [0.4, 0.5) is 5.69 Å². The van der Waals surface area contributed by atoms with Crippen molar-refractivity contribution in [3.05, 3.63) is 23.8 Å². The summed E-state index contributed by atoms with van der Waals surface area (Å²) in [5, 5.41) is 11.7. The van der Waals surface area contributed by atoms with Gasteiger partial charge in [-0.2, -0.15) is 0 Å². The van der Waals surface area contributed by atoms with Gasteiger partial charge in [0.15, 0.2) is 0 Å². The summed E-state index contributed by atoms with van der Waals surface area (Å²) < 4.78 is 0. The smallest absolute Gasteiger partial charge is 0.211 e. The van der Waals surface area contributed by atoms with Crippen LogP contribution in [0, 0.1) is 12.8 Å². The Bertz CT molecular complexity index is 335. The molecule has 1 amide bonds. The Hall–Kier alpha value is -1.99. The largest absolute Gasteiger partial charge is 0.506 e. The molecule has 0 aliphatic carbocycles. The van der Waals surface area contributed by atoms with Crippen molar-refractivity contribution in [2.75, 3.05) is 11.9 Å². The number of hydrogen-bond acceptors (Lipinski definition) is 3. The molecule has 4 N–H and O–H groups in total. The number of benzene rings is 1. The van der Waals surface area contributed by atoms with Crippen molar-refractivity contribution in [1.82, 2.24) is 0 Å². The molecule has 0 aromatic heterocycles. The van der Waals surface area contributed by atoms with Crippen LogP contribution in [-0.2, 0) is 11.2 Å². The maximum atomic E-state index is 10.1. The fourth-order valence-corrected chi connectivity index (χ4v) is 1.08. The summed E-state index contributed by atoms with van der Waals surface area (Å²) in [5.41, 5.74) is 6.78. The van der Waals surface area contributed by atoms with E-state index in [9.17, 15) is 9.90 Å². The first kappa shape index (κ1) is 13.0. The monoisotopic (exact) mass is 206 g/mol. The Labute approximate surface area is 89.1 Å². The molecule has 15 heavy (non-hydrogen) atoms. The van der Waals surface area contributed by atoms with Gasteiger partial charge in [0.1, 0.15) is 5.75 Å². The molecule has 0 radical (unpaired) electrons. The number of hydrogen-bond donors (Lipinski definition) is 3. The van der Waals surface area contributed by atoms with Crippen LogP contribution in [0.3, 0.4) is 0 Å². The minimum atomic E-state index is 0.0628. The van der Waals surface area contributed by atoms with Gasteiger partial charge < -0.3 is 16.2 Å². The third-order valence-electron chi connectivity index (χ3n) is 1.71. The third kappa shape index (κ3) is 4.16. The summed E-state index contributed by atoms with van der Waals surface area (Å²) in [4.78, 5) is 10.1. The average molecular weight is 206 g/mol. The van der Waals surface area contributed by atoms with Gasteiger partial charge in [-0.05, 0) is 30.7 Å². The summed E-state index contributed by atoms with van der Waals surface area (Å²) >= 11 is 0. The van der Waals surface area contributed by atoms with E-state index in [0.29, 0.717) is 18.6 Å². The molecule has 4 nitrogen and oxygen atoms in total. The Morgan fingerprint density at radius 3 is 2.67 bits per heavy atom. The molecular weight excluding hydrogens is 192 g/mol. The van der Waals surface area contributed by atoms with Gasteiger partial charge in [-0.3, -0.25) is 4.79 Å². The summed E-state index contributed by atoms with van der Waals surface area (Å²) in [6.07, 6.45) is 9.26. The molecule has 0 unspecified atom stereocenters. The van der Waals surface area contributed by atoms with E-state index in [2.05, 4.69) is 18.2 Å². The minimum absolute atomic E-state index is 0.0628. The Kier molecular flexibility index (Phi) is 6.43. The van der Waals surface area contributed by atoms with Crippen LogP contribution in [0.15, 0.2) is 18.2 Å². The Balaban J connectivity index is 0.000000921. The number of phenolic OH excluding ortho intramolecular Hbond substituents is 1. The van der Waals surface area contributed by atoms with Crippen molar-refractivity contribution in [3.8, 4) is 18.6 Å². The van der Waals surface area contributed by atoms with Crippen LogP contribution in [0.25, 0.3) is 0 Å². The lowest BCUT2D eigenvalue weighted by Gasteiger charge is -2.05. The van der Waals surface area contributed by atoms with Gasteiger partial charge in [0.05, 0.1) is 5.69 Å². The predicted octanol–water partition coefficient (Wildman–Crippen LogP) is 0.711. The molecular formula is C11H14N2O2. The third-order valence-corrected chi connectivity index (χ3v) is 1.71. The number of phenols is 1. The summed E-state index contributed by atoms with van der Waals surface area (Å²) in [6, 6.07) is 5.02. The highest BCUT2D eigenvalue weighted by Gasteiger charge is 2.00. The molecule has 1 rings (SSSR count). The van der Waals surface area contributed by atoms with Gasteiger partial charge in [-0.25, -0.2) is 0 Å². The summed E-state index contributed by atoms with van der Waals surface area (Å²) in [6.45, 7) is 0.547. The molecule has 0 fully saturated rings.